The Morgan fingerprint density at radius 3 is 2.13 bits per heavy atom. The summed E-state index contributed by atoms with van der Waals surface area (Å²) in [5, 5.41) is 2.17. The topological polar surface area (TPSA) is 56.7 Å². The third-order valence-electron chi connectivity index (χ3n) is 10.1. The van der Waals surface area contributed by atoms with Gasteiger partial charge in [-0.25, -0.2) is 0 Å². The fraction of sp³-hybridized carbons (Fsp3) is 0.271. The zero-order valence-electron chi connectivity index (χ0n) is 34.5. The third-order valence-corrected chi connectivity index (χ3v) is 14.3. The Balaban J connectivity index is 0.000000217. The Morgan fingerprint density at radius 1 is 0.764 bits per heavy atom. The van der Waals surface area contributed by atoms with E-state index in [-0.39, 0.29) is 20.1 Å². The molecule has 7 heteroatoms. The van der Waals surface area contributed by atoms with Crippen LogP contribution in [0.1, 0.15) is 83.0 Å². The number of hydrogen-bond acceptors (Lipinski definition) is 4. The molecule has 0 saturated carbocycles. The Kier molecular flexibility index (Phi) is 11.6. The number of pyridine rings is 2. The number of nitrogens with zero attached hydrogens (tertiary/aromatic N) is 4. The first kappa shape index (κ1) is 38.9. The Morgan fingerprint density at radius 2 is 1.47 bits per heavy atom. The Hall–Kier alpha value is -4.36. The first-order chi connectivity index (χ1) is 26.1. The molecule has 0 spiro atoms. The van der Waals surface area contributed by atoms with Gasteiger partial charge < -0.3 is 8.98 Å². The molecule has 5 nitrogen and oxygen atoms in total. The SMILES string of the molecule is Cc1nccc2nc(-c3[c-]ccc4c3oc3ccccc34)n(-c3c(C(C)C)cccc3C(C)C)c12.[2H]C(C)(C)c1cc(-c2[c-]cccc2)nc[c]1[Ge]([CH3])([CH3])[CH3].[Ir]. The van der Waals surface area contributed by atoms with Gasteiger partial charge in [-0.1, -0.05) is 75.0 Å². The van der Waals surface area contributed by atoms with E-state index in [0.717, 1.165) is 66.9 Å². The quantitative estimate of drug-likeness (QED) is 0.118. The van der Waals surface area contributed by atoms with Crippen LogP contribution in [0.25, 0.3) is 61.3 Å². The van der Waals surface area contributed by atoms with Crippen LogP contribution in [0.4, 0.5) is 0 Å². The molecule has 55 heavy (non-hydrogen) atoms. The molecule has 0 amide bonds. The van der Waals surface area contributed by atoms with E-state index >= 15 is 0 Å². The number of benzene rings is 4. The summed E-state index contributed by atoms with van der Waals surface area (Å²) in [6, 6.07) is 37.5. The van der Waals surface area contributed by atoms with Crippen LogP contribution in [0, 0.1) is 19.1 Å². The molecule has 8 rings (SSSR count). The van der Waals surface area contributed by atoms with E-state index in [2.05, 4.69) is 115 Å². The van der Waals surface area contributed by atoms with E-state index in [1.807, 2.05) is 80.8 Å². The van der Waals surface area contributed by atoms with Gasteiger partial charge in [-0.15, -0.1) is 18.2 Å². The normalized spacial score (nSPS) is 12.3. The van der Waals surface area contributed by atoms with Crippen LogP contribution in [0.15, 0.2) is 108 Å². The predicted molar refractivity (Wildman–Crippen MR) is 229 cm³/mol. The molecule has 0 aliphatic carbocycles. The maximum Gasteiger partial charge on any atom is 0 e. The van der Waals surface area contributed by atoms with E-state index in [4.69, 9.17) is 10.8 Å². The molecule has 0 unspecified atom stereocenters. The van der Waals surface area contributed by atoms with Gasteiger partial charge in [-0.2, -0.15) is 0 Å². The first-order valence-corrected chi connectivity index (χ1v) is 26.3. The molecule has 8 aromatic rings. The van der Waals surface area contributed by atoms with Crippen molar-refractivity contribution in [1.82, 2.24) is 19.5 Å². The van der Waals surface area contributed by atoms with Crippen molar-refractivity contribution in [3.05, 3.63) is 138 Å². The molecule has 4 aromatic heterocycles. The largest absolute Gasteiger partial charge is 0 e. The second-order valence-electron chi connectivity index (χ2n) is 16.0. The number of rotatable bonds is 7. The summed E-state index contributed by atoms with van der Waals surface area (Å²) in [5.74, 6) is 7.96. The summed E-state index contributed by atoms with van der Waals surface area (Å²) in [7, 11) is 0. The first-order valence-electron chi connectivity index (χ1n) is 19.4. The van der Waals surface area contributed by atoms with E-state index < -0.39 is 19.2 Å². The van der Waals surface area contributed by atoms with E-state index in [0.29, 0.717) is 11.8 Å². The Labute approximate surface area is 343 Å². The Bertz CT molecular complexity index is 2620. The molecular weight excluding hydrogens is 913 g/mol. The maximum atomic E-state index is 8.44. The standard InChI is InChI=1S/C31H28N3O.C17H22GeN.Ir/c1-18(2)21-11-8-12-22(19(3)4)29(21)34-28-20(5)32-17-16-26(28)33-31(34)25-14-9-13-24-23-10-6-7-15-27(23)35-30(24)25;1-13(2)15-11-17(14-9-7-6-8-10-14)19-12-16(15)18(3,4)5;/h6-13,15-19H,1-5H3;6-9,11-13H,1-5H3;/q2*-1;/i;13D;. The van der Waals surface area contributed by atoms with Crippen LogP contribution in [-0.2, 0) is 20.1 Å². The zero-order valence-corrected chi connectivity index (χ0v) is 38.0. The summed E-state index contributed by atoms with van der Waals surface area (Å²) in [4.78, 5) is 14.4. The van der Waals surface area contributed by atoms with E-state index in [1.165, 1.54) is 21.2 Å². The average Bonchev–Trinajstić information content (AvgIpc) is 3.74. The van der Waals surface area contributed by atoms with E-state index in [1.54, 1.807) is 0 Å². The van der Waals surface area contributed by atoms with Crippen molar-refractivity contribution in [2.75, 3.05) is 0 Å². The maximum absolute atomic E-state index is 8.44. The van der Waals surface area contributed by atoms with Gasteiger partial charge in [0.1, 0.15) is 5.58 Å². The number of para-hydroxylation sites is 2. The fourth-order valence-electron chi connectivity index (χ4n) is 7.36. The van der Waals surface area contributed by atoms with Crippen molar-refractivity contribution >= 4 is 50.6 Å². The smallest absolute Gasteiger partial charge is 0 e. The summed E-state index contributed by atoms with van der Waals surface area (Å²) >= 11 is -2.03. The molecule has 0 saturated heterocycles. The molecule has 4 heterocycles. The molecule has 0 N–H and O–H groups in total. The second kappa shape index (κ2) is 16.4. The molecule has 0 aliphatic heterocycles. The van der Waals surface area contributed by atoms with Gasteiger partial charge in [-0.3, -0.25) is 9.97 Å². The van der Waals surface area contributed by atoms with Crippen LogP contribution in [-0.4, -0.2) is 32.8 Å². The van der Waals surface area contributed by atoms with Crippen molar-refractivity contribution in [2.24, 2.45) is 0 Å². The summed E-state index contributed by atoms with van der Waals surface area (Å²) in [6.45, 7) is 15.0. The molecule has 0 bridgehead atoms. The number of furan rings is 1. The summed E-state index contributed by atoms with van der Waals surface area (Å²) in [6.07, 6.45) is 3.84. The number of aromatic nitrogens is 4. The van der Waals surface area contributed by atoms with Crippen LogP contribution in [0.3, 0.4) is 0 Å². The predicted octanol–water partition coefficient (Wildman–Crippen LogP) is 12.6. The fourth-order valence-corrected chi connectivity index (χ4v) is 10.7. The van der Waals surface area contributed by atoms with Gasteiger partial charge in [0, 0.05) is 37.4 Å². The second-order valence-corrected chi connectivity index (χ2v) is 26.5. The molecule has 1 radical (unpaired) electrons. The number of imidazole rings is 1. The summed E-state index contributed by atoms with van der Waals surface area (Å²) < 4.78 is 18.5. The van der Waals surface area contributed by atoms with Gasteiger partial charge in [0.15, 0.2) is 0 Å². The molecular formula is C48H50GeIrN4O-2. The van der Waals surface area contributed by atoms with Crippen LogP contribution < -0.4 is 4.40 Å². The number of aryl methyl sites for hydroxylation is 1. The van der Waals surface area contributed by atoms with Crippen molar-refractivity contribution in [2.45, 2.75) is 83.5 Å². The summed E-state index contributed by atoms with van der Waals surface area (Å²) in [5.41, 5.74) is 12.2. The van der Waals surface area contributed by atoms with Gasteiger partial charge in [0.05, 0.1) is 28.1 Å². The minimum atomic E-state index is -2.03. The minimum absolute atomic E-state index is 0. The van der Waals surface area contributed by atoms with Crippen LogP contribution in [0.2, 0.25) is 17.3 Å². The van der Waals surface area contributed by atoms with Gasteiger partial charge in [0.2, 0.25) is 0 Å². The molecule has 0 fully saturated rings. The molecule has 283 valence electrons. The number of fused-ring (bicyclic) bond motifs is 4. The van der Waals surface area contributed by atoms with Crippen molar-refractivity contribution in [3.8, 4) is 28.3 Å². The monoisotopic (exact) mass is 966 g/mol. The van der Waals surface area contributed by atoms with Crippen LogP contribution in [0.5, 0.6) is 0 Å². The van der Waals surface area contributed by atoms with Crippen LogP contribution >= 0.6 is 0 Å². The van der Waals surface area contributed by atoms with Crippen molar-refractivity contribution in [3.63, 3.8) is 0 Å². The third kappa shape index (κ3) is 7.87. The van der Waals surface area contributed by atoms with Gasteiger partial charge in [0.25, 0.3) is 0 Å². The molecule has 0 aliphatic rings. The average molecular weight is 965 g/mol. The van der Waals surface area contributed by atoms with Gasteiger partial charge in [-0.05, 0) is 42.0 Å². The van der Waals surface area contributed by atoms with E-state index in [9.17, 15) is 0 Å². The van der Waals surface area contributed by atoms with Crippen molar-refractivity contribution in [1.29, 1.82) is 0 Å². The minimum Gasteiger partial charge on any atom is 0 e. The van der Waals surface area contributed by atoms with Crippen molar-refractivity contribution < 1.29 is 25.9 Å². The number of hydrogen-bond donors (Lipinski definition) is 0. The van der Waals surface area contributed by atoms with Gasteiger partial charge >= 0.3 is 120 Å². The molecule has 4 aromatic carbocycles. The zero-order chi connectivity index (χ0) is 39.2. The molecule has 0 atom stereocenters.